The number of aryl methyl sites for hydroxylation is 1. The maximum Gasteiger partial charge on any atom is 0.340 e. The summed E-state index contributed by atoms with van der Waals surface area (Å²) in [6.07, 6.45) is 5.94. The summed E-state index contributed by atoms with van der Waals surface area (Å²) in [6, 6.07) is 8.35. The number of piperidine rings is 1. The quantitative estimate of drug-likeness (QED) is 0.223. The fourth-order valence-corrected chi connectivity index (χ4v) is 5.72. The number of ether oxygens (including phenoxy) is 2. The highest BCUT2D eigenvalue weighted by atomic mass is 16.6. The molecular formula is C32H36N6O6. The highest BCUT2D eigenvalue weighted by Crippen LogP contribution is 2.30. The summed E-state index contributed by atoms with van der Waals surface area (Å²) in [5.41, 5.74) is 3.46. The van der Waals surface area contributed by atoms with E-state index in [1.165, 1.54) is 10.5 Å². The van der Waals surface area contributed by atoms with Crippen molar-refractivity contribution in [1.29, 1.82) is 0 Å². The molecule has 230 valence electrons. The SMILES string of the molecule is CC(C)(C)OC(=O)c1ccc(N2Cc3cn(CCCCOc4ccc5c(c4)CN(C4CCC(=O)NC4=O)C5=O)nc3C2)nc1. The Hall–Kier alpha value is -4.74. The Kier molecular flexibility index (Phi) is 7.83. The Morgan fingerprint density at radius 2 is 1.89 bits per heavy atom. The molecule has 1 unspecified atom stereocenters. The van der Waals surface area contributed by atoms with E-state index in [-0.39, 0.29) is 24.2 Å². The lowest BCUT2D eigenvalue weighted by atomic mass is 10.0. The van der Waals surface area contributed by atoms with E-state index in [9.17, 15) is 19.2 Å². The van der Waals surface area contributed by atoms with Crippen LogP contribution in [0.15, 0.2) is 42.7 Å². The van der Waals surface area contributed by atoms with Gasteiger partial charge in [0.2, 0.25) is 11.8 Å². The number of pyridine rings is 1. The Bertz CT molecular complexity index is 1580. The summed E-state index contributed by atoms with van der Waals surface area (Å²) in [5, 5.41) is 7.08. The zero-order valence-corrected chi connectivity index (χ0v) is 25.2. The molecule has 3 aliphatic rings. The second-order valence-electron chi connectivity index (χ2n) is 12.4. The molecule has 3 aromatic rings. The van der Waals surface area contributed by atoms with Gasteiger partial charge in [0.1, 0.15) is 23.2 Å². The van der Waals surface area contributed by atoms with Crippen LogP contribution in [0.1, 0.15) is 84.0 Å². The van der Waals surface area contributed by atoms with Crippen molar-refractivity contribution in [1.82, 2.24) is 25.0 Å². The maximum absolute atomic E-state index is 12.9. The van der Waals surface area contributed by atoms with Gasteiger partial charge < -0.3 is 19.3 Å². The zero-order valence-electron chi connectivity index (χ0n) is 25.2. The molecule has 1 saturated heterocycles. The second-order valence-corrected chi connectivity index (χ2v) is 12.4. The van der Waals surface area contributed by atoms with Gasteiger partial charge in [-0.2, -0.15) is 5.10 Å². The standard InChI is InChI=1S/C32H36N6O6/c1-32(2,3)44-31(42)20-6-10-27(33-15-20)36-16-22-17-37(35-25(22)19-36)12-4-5-13-43-23-7-8-24-21(14-23)18-38(30(24)41)26-9-11-28(39)34-29(26)40/h6-8,10,14-15,17,26H,4-5,9,11-13,16,18-19H2,1-3H3,(H,34,39,40). The van der Waals surface area contributed by atoms with Crippen molar-refractivity contribution >= 4 is 29.5 Å². The van der Waals surface area contributed by atoms with Crippen molar-refractivity contribution in [3.63, 3.8) is 0 Å². The van der Waals surface area contributed by atoms with E-state index in [1.54, 1.807) is 24.4 Å². The van der Waals surface area contributed by atoms with Crippen molar-refractivity contribution in [3.8, 4) is 5.75 Å². The van der Waals surface area contributed by atoms with Crippen LogP contribution >= 0.6 is 0 Å². The average molecular weight is 601 g/mol. The molecular weight excluding hydrogens is 564 g/mol. The molecule has 0 radical (unpaired) electrons. The number of fused-ring (bicyclic) bond motifs is 2. The minimum absolute atomic E-state index is 0.192. The number of hydrogen-bond acceptors (Lipinski definition) is 9. The summed E-state index contributed by atoms with van der Waals surface area (Å²) in [6.45, 7) is 8.51. The predicted molar refractivity (Wildman–Crippen MR) is 159 cm³/mol. The fourth-order valence-electron chi connectivity index (χ4n) is 5.72. The number of nitrogens with one attached hydrogen (secondary N) is 1. The van der Waals surface area contributed by atoms with E-state index < -0.39 is 17.6 Å². The van der Waals surface area contributed by atoms with Crippen LogP contribution in [0.4, 0.5) is 5.82 Å². The molecule has 0 aliphatic carbocycles. The van der Waals surface area contributed by atoms with E-state index in [0.717, 1.165) is 36.5 Å². The molecule has 5 heterocycles. The van der Waals surface area contributed by atoms with Crippen LogP contribution in [0.5, 0.6) is 5.75 Å². The summed E-state index contributed by atoms with van der Waals surface area (Å²) in [4.78, 5) is 57.0. The van der Waals surface area contributed by atoms with E-state index in [4.69, 9.17) is 14.6 Å². The first-order valence-electron chi connectivity index (χ1n) is 14.9. The molecule has 1 N–H and O–H groups in total. The molecule has 1 atom stereocenters. The van der Waals surface area contributed by atoms with E-state index >= 15 is 0 Å². The Morgan fingerprint density at radius 1 is 1.05 bits per heavy atom. The molecule has 0 saturated carbocycles. The Balaban J connectivity index is 0.939. The van der Waals surface area contributed by atoms with Gasteiger partial charge in [-0.15, -0.1) is 0 Å². The van der Waals surface area contributed by atoms with Gasteiger partial charge in [-0.1, -0.05) is 0 Å². The number of amides is 3. The third-order valence-corrected chi connectivity index (χ3v) is 7.88. The predicted octanol–water partition coefficient (Wildman–Crippen LogP) is 3.37. The monoisotopic (exact) mass is 600 g/mol. The van der Waals surface area contributed by atoms with E-state index in [2.05, 4.69) is 21.4 Å². The number of imide groups is 1. The van der Waals surface area contributed by atoms with Gasteiger partial charge >= 0.3 is 5.97 Å². The van der Waals surface area contributed by atoms with Crippen molar-refractivity contribution < 1.29 is 28.7 Å². The molecule has 2 aromatic heterocycles. The van der Waals surface area contributed by atoms with Gasteiger partial charge in [0, 0.05) is 49.6 Å². The number of rotatable bonds is 9. The number of aromatic nitrogens is 3. The van der Waals surface area contributed by atoms with Crippen LogP contribution in [0.2, 0.25) is 0 Å². The first kappa shape index (κ1) is 29.3. The third-order valence-electron chi connectivity index (χ3n) is 7.88. The maximum atomic E-state index is 12.9. The van der Waals surface area contributed by atoms with Crippen LogP contribution in [-0.4, -0.2) is 61.6 Å². The molecule has 1 fully saturated rings. The number of carbonyl (C=O) groups excluding carboxylic acids is 4. The highest BCUT2D eigenvalue weighted by Gasteiger charge is 2.39. The zero-order chi connectivity index (χ0) is 31.0. The number of hydrogen-bond donors (Lipinski definition) is 1. The van der Waals surface area contributed by atoms with Gasteiger partial charge in [-0.3, -0.25) is 24.4 Å². The lowest BCUT2D eigenvalue weighted by Gasteiger charge is -2.29. The lowest BCUT2D eigenvalue weighted by molar-refractivity contribution is -0.136. The molecule has 3 amide bonds. The molecule has 0 spiro atoms. The number of esters is 1. The molecule has 0 bridgehead atoms. The Labute approximate surface area is 255 Å². The molecule has 12 heteroatoms. The Morgan fingerprint density at radius 3 is 2.61 bits per heavy atom. The minimum Gasteiger partial charge on any atom is -0.494 e. The van der Waals surface area contributed by atoms with Gasteiger partial charge in [-0.25, -0.2) is 9.78 Å². The molecule has 6 rings (SSSR count). The summed E-state index contributed by atoms with van der Waals surface area (Å²) in [5.74, 6) is 0.188. The average Bonchev–Trinajstić information content (AvgIpc) is 3.64. The smallest absolute Gasteiger partial charge is 0.340 e. The number of benzene rings is 1. The van der Waals surface area contributed by atoms with E-state index in [1.807, 2.05) is 37.6 Å². The second kappa shape index (κ2) is 11.7. The summed E-state index contributed by atoms with van der Waals surface area (Å²) in [7, 11) is 0. The van der Waals surface area contributed by atoms with Crippen LogP contribution in [0, 0.1) is 0 Å². The van der Waals surface area contributed by atoms with E-state index in [0.29, 0.717) is 49.5 Å². The van der Waals surface area contributed by atoms with Crippen molar-refractivity contribution in [3.05, 3.63) is 70.7 Å². The largest absolute Gasteiger partial charge is 0.494 e. The highest BCUT2D eigenvalue weighted by molar-refractivity contribution is 6.05. The number of unbranched alkanes of at least 4 members (excludes halogenated alkanes) is 1. The van der Waals surface area contributed by atoms with Crippen LogP contribution in [0.25, 0.3) is 0 Å². The third kappa shape index (κ3) is 6.29. The topological polar surface area (TPSA) is 136 Å². The van der Waals surface area contributed by atoms with Gasteiger partial charge in [0.15, 0.2) is 0 Å². The molecule has 1 aromatic carbocycles. The summed E-state index contributed by atoms with van der Waals surface area (Å²) >= 11 is 0. The van der Waals surface area contributed by atoms with Crippen molar-refractivity contribution in [2.24, 2.45) is 0 Å². The molecule has 3 aliphatic heterocycles. The first-order chi connectivity index (χ1) is 21.0. The number of carbonyl (C=O) groups is 4. The van der Waals surface area contributed by atoms with Gasteiger partial charge in [-0.05, 0) is 75.9 Å². The first-order valence-corrected chi connectivity index (χ1v) is 14.9. The molecule has 44 heavy (non-hydrogen) atoms. The summed E-state index contributed by atoms with van der Waals surface area (Å²) < 4.78 is 13.4. The fraction of sp³-hybridized carbons (Fsp3) is 0.438. The number of nitrogens with zero attached hydrogens (tertiary/aromatic N) is 5. The van der Waals surface area contributed by atoms with Crippen LogP contribution in [-0.2, 0) is 40.5 Å². The van der Waals surface area contributed by atoms with Crippen molar-refractivity contribution in [2.75, 3.05) is 11.5 Å². The lowest BCUT2D eigenvalue weighted by Crippen LogP contribution is -2.52. The minimum atomic E-state index is -0.627. The van der Waals surface area contributed by atoms with Gasteiger partial charge in [0.05, 0.1) is 24.4 Å². The van der Waals surface area contributed by atoms with Gasteiger partial charge in [0.25, 0.3) is 5.91 Å². The molecule has 12 nitrogen and oxygen atoms in total. The van der Waals surface area contributed by atoms with Crippen molar-refractivity contribution in [2.45, 2.75) is 84.3 Å². The number of anilines is 1. The normalized spacial score (nSPS) is 17.9. The van der Waals surface area contributed by atoms with Crippen LogP contribution in [0.3, 0.4) is 0 Å². The van der Waals surface area contributed by atoms with Crippen LogP contribution < -0.4 is 15.0 Å².